The number of aryl methyl sites for hydroxylation is 1. The van der Waals surface area contributed by atoms with Crippen LogP contribution >= 0.6 is 11.6 Å². The number of nitrogens with two attached hydrogens (primary N) is 1. The zero-order chi connectivity index (χ0) is 19.9. The zero-order valence-corrected chi connectivity index (χ0v) is 16.2. The van der Waals surface area contributed by atoms with Crippen LogP contribution < -0.4 is 16.4 Å². The van der Waals surface area contributed by atoms with Crippen LogP contribution in [-0.4, -0.2) is 23.1 Å². The first-order valence-corrected chi connectivity index (χ1v) is 9.53. The minimum absolute atomic E-state index is 0.108. The quantitative estimate of drug-likeness (QED) is 0.506. The second-order valence-corrected chi connectivity index (χ2v) is 7.02. The molecule has 1 atom stereocenters. The zero-order valence-electron chi connectivity index (χ0n) is 15.4. The molecule has 1 heterocycles. The van der Waals surface area contributed by atoms with Crippen molar-refractivity contribution in [1.29, 1.82) is 0 Å². The monoisotopic (exact) mass is 398 g/mol. The number of fused-ring (bicyclic) bond motifs is 1. The lowest BCUT2D eigenvalue weighted by Gasteiger charge is -2.18. The van der Waals surface area contributed by atoms with Crippen molar-refractivity contribution in [2.75, 3.05) is 6.54 Å². The summed E-state index contributed by atoms with van der Waals surface area (Å²) in [6.07, 6.45) is 2.97. The molecule has 0 saturated carbocycles. The number of rotatable bonds is 8. The van der Waals surface area contributed by atoms with Crippen molar-refractivity contribution in [3.63, 3.8) is 0 Å². The highest BCUT2D eigenvalue weighted by atomic mass is 35.5. The van der Waals surface area contributed by atoms with Gasteiger partial charge in [0.05, 0.1) is 12.5 Å². The molecule has 0 spiro atoms. The van der Waals surface area contributed by atoms with Crippen LogP contribution in [0.4, 0.5) is 4.79 Å². The Morgan fingerprint density at radius 1 is 1.07 bits per heavy atom. The molecule has 4 N–H and O–H groups in total. The van der Waals surface area contributed by atoms with Crippen molar-refractivity contribution in [3.8, 4) is 0 Å². The Labute approximate surface area is 168 Å². The lowest BCUT2D eigenvalue weighted by molar-refractivity contribution is -0.121. The molecule has 0 aliphatic rings. The van der Waals surface area contributed by atoms with E-state index in [9.17, 15) is 9.59 Å². The summed E-state index contributed by atoms with van der Waals surface area (Å²) in [6, 6.07) is 16.1. The van der Waals surface area contributed by atoms with E-state index in [0.29, 0.717) is 11.6 Å². The molecule has 0 aliphatic carbocycles. The summed E-state index contributed by atoms with van der Waals surface area (Å²) in [4.78, 5) is 23.6. The Kier molecular flexibility index (Phi) is 6.55. The van der Waals surface area contributed by atoms with E-state index < -0.39 is 12.1 Å². The fourth-order valence-corrected chi connectivity index (χ4v) is 3.32. The number of halogens is 1. The fraction of sp³-hybridized carbons (Fsp3) is 0.238. The van der Waals surface area contributed by atoms with E-state index in [-0.39, 0.29) is 12.3 Å². The molecule has 2 aromatic carbocycles. The molecule has 1 aromatic heterocycles. The van der Waals surface area contributed by atoms with Crippen LogP contribution in [0.15, 0.2) is 60.8 Å². The SMILES string of the molecule is NC(=O)NC(CC(=O)NCCCn1ccc2ccccc21)c1ccc(Cl)cc1. The maximum Gasteiger partial charge on any atom is 0.312 e. The van der Waals surface area contributed by atoms with Crippen LogP contribution in [0.2, 0.25) is 5.02 Å². The van der Waals surface area contributed by atoms with E-state index in [0.717, 1.165) is 18.5 Å². The van der Waals surface area contributed by atoms with Crippen LogP contribution in [0.25, 0.3) is 10.9 Å². The van der Waals surface area contributed by atoms with Crippen molar-refractivity contribution in [3.05, 3.63) is 71.4 Å². The highest BCUT2D eigenvalue weighted by Gasteiger charge is 2.17. The first-order chi connectivity index (χ1) is 13.5. The molecule has 28 heavy (non-hydrogen) atoms. The summed E-state index contributed by atoms with van der Waals surface area (Å²) in [5.74, 6) is -0.147. The van der Waals surface area contributed by atoms with E-state index >= 15 is 0 Å². The molecular weight excluding hydrogens is 376 g/mol. The molecular formula is C21H23ClN4O2. The van der Waals surface area contributed by atoms with Gasteiger partial charge < -0.3 is 20.9 Å². The maximum atomic E-state index is 12.3. The minimum Gasteiger partial charge on any atom is -0.356 e. The number of benzene rings is 2. The predicted molar refractivity (Wildman–Crippen MR) is 111 cm³/mol. The number of carbonyl (C=O) groups excluding carboxylic acids is 2. The molecule has 146 valence electrons. The van der Waals surface area contributed by atoms with Crippen LogP contribution in [0.3, 0.4) is 0 Å². The summed E-state index contributed by atoms with van der Waals surface area (Å²) in [7, 11) is 0. The summed E-state index contributed by atoms with van der Waals surface area (Å²) in [6.45, 7) is 1.36. The lowest BCUT2D eigenvalue weighted by atomic mass is 10.0. The van der Waals surface area contributed by atoms with E-state index in [2.05, 4.69) is 39.6 Å². The molecule has 0 radical (unpaired) electrons. The van der Waals surface area contributed by atoms with Crippen molar-refractivity contribution in [2.45, 2.75) is 25.4 Å². The topological polar surface area (TPSA) is 89.2 Å². The maximum absolute atomic E-state index is 12.3. The van der Waals surface area contributed by atoms with Gasteiger partial charge in [-0.05, 0) is 41.6 Å². The van der Waals surface area contributed by atoms with E-state index in [1.807, 2.05) is 12.1 Å². The molecule has 3 aromatic rings. The third-order valence-corrected chi connectivity index (χ3v) is 4.81. The lowest BCUT2D eigenvalue weighted by Crippen LogP contribution is -2.37. The molecule has 3 amide bonds. The van der Waals surface area contributed by atoms with Crippen molar-refractivity contribution < 1.29 is 9.59 Å². The van der Waals surface area contributed by atoms with Gasteiger partial charge in [0.25, 0.3) is 0 Å². The van der Waals surface area contributed by atoms with Gasteiger partial charge in [0.1, 0.15) is 0 Å². The number of carbonyl (C=O) groups is 2. The van der Waals surface area contributed by atoms with Gasteiger partial charge in [-0.2, -0.15) is 0 Å². The second-order valence-electron chi connectivity index (χ2n) is 6.59. The molecule has 1 unspecified atom stereocenters. The third-order valence-electron chi connectivity index (χ3n) is 4.56. The number of nitrogens with zero attached hydrogens (tertiary/aromatic N) is 1. The van der Waals surface area contributed by atoms with Crippen LogP contribution in [0, 0.1) is 0 Å². The molecule has 6 nitrogen and oxygen atoms in total. The molecule has 7 heteroatoms. The average molecular weight is 399 g/mol. The normalized spacial score (nSPS) is 11.9. The highest BCUT2D eigenvalue weighted by Crippen LogP contribution is 2.19. The molecule has 0 bridgehead atoms. The largest absolute Gasteiger partial charge is 0.356 e. The summed E-state index contributed by atoms with van der Waals surface area (Å²) in [5.41, 5.74) is 7.20. The number of urea groups is 1. The van der Waals surface area contributed by atoms with Gasteiger partial charge in [-0.1, -0.05) is 41.9 Å². The minimum atomic E-state index is -0.674. The predicted octanol–water partition coefficient (Wildman–Crippen LogP) is 3.60. The van der Waals surface area contributed by atoms with Crippen molar-refractivity contribution in [1.82, 2.24) is 15.2 Å². The van der Waals surface area contributed by atoms with Gasteiger partial charge in [-0.3, -0.25) is 4.79 Å². The third kappa shape index (κ3) is 5.27. The molecule has 0 aliphatic heterocycles. The molecule has 0 fully saturated rings. The van der Waals surface area contributed by atoms with Crippen molar-refractivity contribution in [2.24, 2.45) is 5.73 Å². The number of hydrogen-bond acceptors (Lipinski definition) is 2. The number of nitrogens with one attached hydrogen (secondary N) is 2. The highest BCUT2D eigenvalue weighted by molar-refractivity contribution is 6.30. The molecule has 3 rings (SSSR count). The van der Waals surface area contributed by atoms with E-state index in [4.69, 9.17) is 17.3 Å². The van der Waals surface area contributed by atoms with Gasteiger partial charge in [0, 0.05) is 29.8 Å². The fourth-order valence-electron chi connectivity index (χ4n) is 3.19. The van der Waals surface area contributed by atoms with Gasteiger partial charge >= 0.3 is 6.03 Å². The molecule has 0 saturated heterocycles. The summed E-state index contributed by atoms with van der Waals surface area (Å²) >= 11 is 5.90. The smallest absolute Gasteiger partial charge is 0.312 e. The summed E-state index contributed by atoms with van der Waals surface area (Å²) < 4.78 is 2.17. The average Bonchev–Trinajstić information content (AvgIpc) is 3.08. The number of amides is 3. The Hall–Kier alpha value is -2.99. The van der Waals surface area contributed by atoms with Crippen LogP contribution in [-0.2, 0) is 11.3 Å². The number of aromatic nitrogens is 1. The Balaban J connectivity index is 1.50. The Morgan fingerprint density at radius 3 is 2.57 bits per heavy atom. The first kappa shape index (κ1) is 19.8. The van der Waals surface area contributed by atoms with Gasteiger partial charge in [0.2, 0.25) is 5.91 Å². The van der Waals surface area contributed by atoms with Gasteiger partial charge in [0.15, 0.2) is 0 Å². The standard InChI is InChI=1S/C21H23ClN4O2/c22-17-8-6-15(7-9-17)18(25-21(23)28)14-20(27)24-11-3-12-26-13-10-16-4-1-2-5-19(16)26/h1-2,4-10,13,18H,3,11-12,14H2,(H,24,27)(H3,23,25,28). The second kappa shape index (κ2) is 9.28. The van der Waals surface area contributed by atoms with Crippen molar-refractivity contribution >= 4 is 34.4 Å². The van der Waals surface area contributed by atoms with Crippen LogP contribution in [0.1, 0.15) is 24.4 Å². The van der Waals surface area contributed by atoms with E-state index in [1.165, 1.54) is 10.9 Å². The number of hydrogen-bond donors (Lipinski definition) is 3. The summed E-state index contributed by atoms with van der Waals surface area (Å²) in [5, 5.41) is 7.31. The number of primary amides is 1. The number of para-hydroxylation sites is 1. The van der Waals surface area contributed by atoms with Gasteiger partial charge in [-0.15, -0.1) is 0 Å². The van der Waals surface area contributed by atoms with E-state index in [1.54, 1.807) is 24.3 Å². The first-order valence-electron chi connectivity index (χ1n) is 9.15. The Morgan fingerprint density at radius 2 is 1.82 bits per heavy atom. The Bertz CT molecular complexity index is 952. The van der Waals surface area contributed by atoms with Gasteiger partial charge in [-0.25, -0.2) is 4.79 Å². The van der Waals surface area contributed by atoms with Crippen LogP contribution in [0.5, 0.6) is 0 Å².